The van der Waals surface area contributed by atoms with Gasteiger partial charge in [-0.1, -0.05) is 6.08 Å². The summed E-state index contributed by atoms with van der Waals surface area (Å²) in [5.41, 5.74) is 0. The molecule has 0 saturated carbocycles. The van der Waals surface area contributed by atoms with Crippen molar-refractivity contribution in [2.75, 3.05) is 13.2 Å². The van der Waals surface area contributed by atoms with Crippen LogP contribution in [0, 0.1) is 0 Å². The minimum Gasteiger partial charge on any atom is -0.393 e. The van der Waals surface area contributed by atoms with Crippen LogP contribution in [0.15, 0.2) is 12.7 Å². The second kappa shape index (κ2) is 7.05. The monoisotopic (exact) mass is 228 g/mol. The van der Waals surface area contributed by atoms with Gasteiger partial charge in [-0.25, -0.2) is 0 Å². The Bertz CT molecular complexity index is 195. The number of aliphatic hydroxyl groups is 1. The average Bonchev–Trinajstić information content (AvgIpc) is 2.67. The van der Waals surface area contributed by atoms with Gasteiger partial charge >= 0.3 is 0 Å². The van der Waals surface area contributed by atoms with Crippen LogP contribution >= 0.6 is 0 Å². The predicted molar refractivity (Wildman–Crippen MR) is 64.2 cm³/mol. The van der Waals surface area contributed by atoms with E-state index in [1.165, 1.54) is 0 Å². The van der Waals surface area contributed by atoms with E-state index in [9.17, 15) is 5.11 Å². The number of hydrogen-bond donors (Lipinski definition) is 1. The van der Waals surface area contributed by atoms with E-state index >= 15 is 0 Å². The molecule has 0 amide bonds. The lowest BCUT2D eigenvalue weighted by atomic mass is 10.0. The van der Waals surface area contributed by atoms with Gasteiger partial charge in [-0.15, -0.1) is 6.58 Å². The Kier molecular flexibility index (Phi) is 6.03. The predicted octanol–water partition coefficient (Wildman–Crippen LogP) is 2.64. The molecule has 0 aliphatic carbocycles. The lowest BCUT2D eigenvalue weighted by Gasteiger charge is -2.27. The zero-order valence-electron chi connectivity index (χ0n) is 10.3. The Morgan fingerprint density at radius 3 is 2.50 bits per heavy atom. The van der Waals surface area contributed by atoms with Gasteiger partial charge in [0.1, 0.15) is 0 Å². The largest absolute Gasteiger partial charge is 0.393 e. The van der Waals surface area contributed by atoms with Crippen molar-refractivity contribution < 1.29 is 14.6 Å². The first kappa shape index (κ1) is 13.7. The smallest absolute Gasteiger partial charge is 0.168 e. The Balaban J connectivity index is 2.30. The summed E-state index contributed by atoms with van der Waals surface area (Å²) >= 11 is 0. The number of unbranched alkanes of at least 4 members (excludes halogenated alkanes) is 1. The second-order valence-electron chi connectivity index (χ2n) is 4.53. The Labute approximate surface area is 98.4 Å². The third-order valence-electron chi connectivity index (χ3n) is 2.96. The molecule has 1 fully saturated rings. The van der Waals surface area contributed by atoms with Crippen LogP contribution in [0.25, 0.3) is 0 Å². The van der Waals surface area contributed by atoms with Gasteiger partial charge in [0.15, 0.2) is 5.79 Å². The van der Waals surface area contributed by atoms with Crippen molar-refractivity contribution in [1.29, 1.82) is 0 Å². The first-order valence-corrected chi connectivity index (χ1v) is 6.25. The molecule has 1 N–H and O–H groups in total. The molecule has 16 heavy (non-hydrogen) atoms. The van der Waals surface area contributed by atoms with Gasteiger partial charge in [-0.05, 0) is 32.6 Å². The van der Waals surface area contributed by atoms with Crippen LogP contribution in [0.1, 0.15) is 45.4 Å². The van der Waals surface area contributed by atoms with Crippen molar-refractivity contribution in [2.24, 2.45) is 0 Å². The third kappa shape index (κ3) is 4.64. The lowest BCUT2D eigenvalue weighted by molar-refractivity contribution is -0.168. The van der Waals surface area contributed by atoms with Crippen LogP contribution in [0.3, 0.4) is 0 Å². The fourth-order valence-corrected chi connectivity index (χ4v) is 2.09. The van der Waals surface area contributed by atoms with E-state index in [4.69, 9.17) is 9.47 Å². The molecule has 0 aromatic carbocycles. The number of aliphatic hydroxyl groups excluding tert-OH is 1. The zero-order chi connectivity index (χ0) is 11.9. The van der Waals surface area contributed by atoms with Crippen LogP contribution in [0.4, 0.5) is 0 Å². The van der Waals surface area contributed by atoms with Crippen molar-refractivity contribution >= 4 is 0 Å². The summed E-state index contributed by atoms with van der Waals surface area (Å²) in [6.07, 6.45) is 7.34. The van der Waals surface area contributed by atoms with Gasteiger partial charge in [-0.3, -0.25) is 0 Å². The summed E-state index contributed by atoms with van der Waals surface area (Å²) in [5.74, 6) is -0.377. The molecule has 1 saturated heterocycles. The molecule has 0 aromatic rings. The first-order valence-electron chi connectivity index (χ1n) is 6.25. The minimum absolute atomic E-state index is 0.230. The summed E-state index contributed by atoms with van der Waals surface area (Å²) in [6.45, 7) is 6.93. The lowest BCUT2D eigenvalue weighted by Crippen LogP contribution is -2.30. The van der Waals surface area contributed by atoms with Gasteiger partial charge in [0.05, 0.1) is 19.3 Å². The van der Waals surface area contributed by atoms with E-state index in [0.29, 0.717) is 13.2 Å². The van der Waals surface area contributed by atoms with Crippen LogP contribution in [0.2, 0.25) is 0 Å². The maximum atomic E-state index is 9.23. The third-order valence-corrected chi connectivity index (χ3v) is 2.96. The zero-order valence-corrected chi connectivity index (χ0v) is 10.3. The topological polar surface area (TPSA) is 38.7 Å². The van der Waals surface area contributed by atoms with Crippen LogP contribution in [-0.2, 0) is 9.47 Å². The Morgan fingerprint density at radius 2 is 1.94 bits per heavy atom. The molecule has 1 aliphatic heterocycles. The molecule has 0 unspecified atom stereocenters. The molecular formula is C13H24O3. The fourth-order valence-electron chi connectivity index (χ4n) is 2.09. The van der Waals surface area contributed by atoms with Crippen molar-refractivity contribution in [2.45, 2.75) is 57.3 Å². The molecule has 94 valence electrons. The number of rotatable bonds is 8. The van der Waals surface area contributed by atoms with Gasteiger partial charge in [0.2, 0.25) is 0 Å². The molecule has 1 aliphatic rings. The maximum Gasteiger partial charge on any atom is 0.168 e. The molecular weight excluding hydrogens is 204 g/mol. The number of ether oxygens (including phenoxy) is 2. The molecule has 0 aromatic heterocycles. The Hall–Kier alpha value is -0.380. The molecule has 3 heteroatoms. The van der Waals surface area contributed by atoms with Gasteiger partial charge in [-0.2, -0.15) is 0 Å². The summed E-state index contributed by atoms with van der Waals surface area (Å²) in [5, 5.41) is 9.23. The van der Waals surface area contributed by atoms with E-state index in [-0.39, 0.29) is 11.9 Å². The van der Waals surface area contributed by atoms with E-state index < -0.39 is 0 Å². The SMILES string of the molecule is C=CCCCC1(CCC[C@@H](C)O)OCCO1. The van der Waals surface area contributed by atoms with E-state index in [0.717, 1.165) is 38.5 Å². The first-order chi connectivity index (χ1) is 7.68. The second-order valence-corrected chi connectivity index (χ2v) is 4.53. The summed E-state index contributed by atoms with van der Waals surface area (Å²) in [4.78, 5) is 0. The van der Waals surface area contributed by atoms with Crippen molar-refractivity contribution in [3.8, 4) is 0 Å². The van der Waals surface area contributed by atoms with Gasteiger partial charge < -0.3 is 14.6 Å². The summed E-state index contributed by atoms with van der Waals surface area (Å²) < 4.78 is 11.5. The average molecular weight is 228 g/mol. The van der Waals surface area contributed by atoms with Crippen LogP contribution < -0.4 is 0 Å². The highest BCUT2D eigenvalue weighted by Crippen LogP contribution is 2.31. The minimum atomic E-state index is -0.377. The van der Waals surface area contributed by atoms with Gasteiger partial charge in [0, 0.05) is 12.8 Å². The molecule has 1 rings (SSSR count). The molecule has 1 atom stereocenters. The number of hydrogen-bond acceptors (Lipinski definition) is 3. The highest BCUT2D eigenvalue weighted by Gasteiger charge is 2.35. The van der Waals surface area contributed by atoms with E-state index in [2.05, 4.69) is 6.58 Å². The standard InChI is InChI=1S/C13H24O3/c1-3-4-5-8-13(15-10-11-16-13)9-6-7-12(2)14/h3,12,14H,1,4-11H2,2H3/t12-/m1/s1. The van der Waals surface area contributed by atoms with E-state index in [1.54, 1.807) is 0 Å². The van der Waals surface area contributed by atoms with E-state index in [1.807, 2.05) is 13.0 Å². The highest BCUT2D eigenvalue weighted by molar-refractivity contribution is 4.77. The molecule has 3 nitrogen and oxygen atoms in total. The maximum absolute atomic E-state index is 9.23. The van der Waals surface area contributed by atoms with Crippen molar-refractivity contribution in [1.82, 2.24) is 0 Å². The van der Waals surface area contributed by atoms with Crippen LogP contribution in [-0.4, -0.2) is 30.2 Å². The molecule has 0 spiro atoms. The quantitative estimate of drug-likeness (QED) is 0.512. The molecule has 0 bridgehead atoms. The summed E-state index contributed by atoms with van der Waals surface area (Å²) in [6, 6.07) is 0. The van der Waals surface area contributed by atoms with Gasteiger partial charge in [0.25, 0.3) is 0 Å². The fraction of sp³-hybridized carbons (Fsp3) is 0.846. The van der Waals surface area contributed by atoms with Crippen LogP contribution in [0.5, 0.6) is 0 Å². The summed E-state index contributed by atoms with van der Waals surface area (Å²) in [7, 11) is 0. The highest BCUT2D eigenvalue weighted by atomic mass is 16.7. The Morgan fingerprint density at radius 1 is 1.31 bits per heavy atom. The van der Waals surface area contributed by atoms with Crippen molar-refractivity contribution in [3.05, 3.63) is 12.7 Å². The van der Waals surface area contributed by atoms with Crippen molar-refractivity contribution in [3.63, 3.8) is 0 Å². The molecule has 1 heterocycles. The molecule has 0 radical (unpaired) electrons. The normalized spacial score (nSPS) is 20.9. The number of allylic oxidation sites excluding steroid dienone is 1.